The summed E-state index contributed by atoms with van der Waals surface area (Å²) in [6.07, 6.45) is 8.02. The Labute approximate surface area is 247 Å². The SMILES string of the molecule is Cc1ccc(/C=N/NC(=O)c2cc(Cl)ccc2NC(=O)c2cccc(CN3CCC(N4CCCCC4)CC3)c2)cc1. The van der Waals surface area contributed by atoms with Gasteiger partial charge in [0.15, 0.2) is 0 Å². The average Bonchev–Trinajstić information content (AvgIpc) is 3.00. The summed E-state index contributed by atoms with van der Waals surface area (Å²) < 4.78 is 0. The van der Waals surface area contributed by atoms with Crippen LogP contribution in [-0.4, -0.2) is 60.0 Å². The molecule has 2 amide bonds. The van der Waals surface area contributed by atoms with Gasteiger partial charge in [0.1, 0.15) is 0 Å². The molecule has 0 aliphatic carbocycles. The summed E-state index contributed by atoms with van der Waals surface area (Å²) in [6, 6.07) is 21.0. The molecule has 2 N–H and O–H groups in total. The smallest absolute Gasteiger partial charge is 0.273 e. The molecule has 5 rings (SSSR count). The summed E-state index contributed by atoms with van der Waals surface area (Å²) in [6.45, 7) is 7.48. The molecular weight excluding hydrogens is 534 g/mol. The number of halogens is 1. The third-order valence-corrected chi connectivity index (χ3v) is 8.23. The van der Waals surface area contributed by atoms with Gasteiger partial charge in [-0.1, -0.05) is 60.0 Å². The predicted molar refractivity (Wildman–Crippen MR) is 166 cm³/mol. The minimum Gasteiger partial charge on any atom is -0.321 e. The van der Waals surface area contributed by atoms with E-state index < -0.39 is 5.91 Å². The molecule has 0 bridgehead atoms. The number of amides is 2. The first-order chi connectivity index (χ1) is 19.9. The van der Waals surface area contributed by atoms with Gasteiger partial charge in [0.2, 0.25) is 0 Å². The lowest BCUT2D eigenvalue weighted by Gasteiger charge is -2.40. The Kier molecular flexibility index (Phi) is 9.83. The summed E-state index contributed by atoms with van der Waals surface area (Å²) in [7, 11) is 0. The van der Waals surface area contributed by atoms with Crippen molar-refractivity contribution in [2.45, 2.75) is 51.6 Å². The molecule has 0 radical (unpaired) electrons. The second-order valence-corrected chi connectivity index (χ2v) is 11.5. The number of likely N-dealkylation sites (tertiary alicyclic amines) is 2. The first kappa shape index (κ1) is 29.0. The van der Waals surface area contributed by atoms with E-state index in [2.05, 4.69) is 31.7 Å². The summed E-state index contributed by atoms with van der Waals surface area (Å²) in [5, 5.41) is 7.35. The highest BCUT2D eigenvalue weighted by molar-refractivity contribution is 6.31. The second kappa shape index (κ2) is 13.9. The quantitative estimate of drug-likeness (QED) is 0.252. The molecule has 0 spiro atoms. The maximum absolute atomic E-state index is 13.2. The number of carbonyl (C=O) groups excluding carboxylic acids is 2. The van der Waals surface area contributed by atoms with Crippen molar-refractivity contribution >= 4 is 35.3 Å². The first-order valence-electron chi connectivity index (χ1n) is 14.5. The van der Waals surface area contributed by atoms with Gasteiger partial charge in [0.05, 0.1) is 17.5 Å². The van der Waals surface area contributed by atoms with E-state index in [1.165, 1.54) is 51.3 Å². The van der Waals surface area contributed by atoms with Crippen LogP contribution in [0.4, 0.5) is 5.69 Å². The van der Waals surface area contributed by atoms with Crippen LogP contribution >= 0.6 is 11.6 Å². The van der Waals surface area contributed by atoms with E-state index in [0.717, 1.165) is 36.3 Å². The summed E-state index contributed by atoms with van der Waals surface area (Å²) in [4.78, 5) is 31.3. The first-order valence-corrected chi connectivity index (χ1v) is 14.9. The topological polar surface area (TPSA) is 77.0 Å². The van der Waals surface area contributed by atoms with Gasteiger partial charge in [-0.15, -0.1) is 0 Å². The predicted octanol–water partition coefficient (Wildman–Crippen LogP) is 6.11. The Balaban J connectivity index is 1.19. The molecule has 2 aliphatic rings. The summed E-state index contributed by atoms with van der Waals surface area (Å²) in [5.74, 6) is -0.747. The van der Waals surface area contributed by atoms with E-state index >= 15 is 0 Å². The Hall–Kier alpha value is -3.52. The van der Waals surface area contributed by atoms with Crippen LogP contribution in [0.5, 0.6) is 0 Å². The highest BCUT2D eigenvalue weighted by atomic mass is 35.5. The molecule has 7 nitrogen and oxygen atoms in total. The number of nitrogens with zero attached hydrogens (tertiary/aromatic N) is 3. The maximum atomic E-state index is 13.2. The fraction of sp³-hybridized carbons (Fsp3) is 0.364. The van der Waals surface area contributed by atoms with Crippen molar-refractivity contribution in [1.82, 2.24) is 15.2 Å². The molecule has 0 aromatic heterocycles. The monoisotopic (exact) mass is 571 g/mol. The standard InChI is InChI=1S/C33H38ClN5O2/c1-24-8-10-25(11-9-24)22-35-37-33(41)30-21-28(34)12-13-31(30)36-32(40)27-7-5-6-26(20-27)23-38-18-14-29(15-19-38)39-16-3-2-4-17-39/h5-13,20-22,29H,2-4,14-19,23H2,1H3,(H,36,40)(H,37,41)/b35-22+. The molecule has 214 valence electrons. The molecular formula is C33H38ClN5O2. The van der Waals surface area contributed by atoms with E-state index in [0.29, 0.717) is 22.3 Å². The molecule has 8 heteroatoms. The minimum atomic E-state index is -0.465. The average molecular weight is 572 g/mol. The molecule has 0 atom stereocenters. The van der Waals surface area contributed by atoms with Gasteiger partial charge in [0.25, 0.3) is 11.8 Å². The fourth-order valence-corrected chi connectivity index (χ4v) is 5.85. The van der Waals surface area contributed by atoms with Crippen LogP contribution in [0, 0.1) is 6.92 Å². The van der Waals surface area contributed by atoms with Gasteiger partial charge in [-0.25, -0.2) is 5.43 Å². The van der Waals surface area contributed by atoms with Gasteiger partial charge < -0.3 is 10.2 Å². The third-order valence-electron chi connectivity index (χ3n) is 7.99. The minimum absolute atomic E-state index is 0.236. The van der Waals surface area contributed by atoms with Crippen molar-refractivity contribution in [3.8, 4) is 0 Å². The van der Waals surface area contributed by atoms with Crippen LogP contribution in [-0.2, 0) is 6.54 Å². The van der Waals surface area contributed by atoms with Crippen molar-refractivity contribution in [2.75, 3.05) is 31.5 Å². The zero-order chi connectivity index (χ0) is 28.6. The number of nitrogens with one attached hydrogen (secondary N) is 2. The number of benzene rings is 3. The second-order valence-electron chi connectivity index (χ2n) is 11.1. The lowest BCUT2D eigenvalue weighted by Crippen LogP contribution is -2.46. The van der Waals surface area contributed by atoms with Crippen LogP contribution in [0.15, 0.2) is 71.8 Å². The number of hydrogen-bond donors (Lipinski definition) is 2. The Morgan fingerprint density at radius 3 is 2.44 bits per heavy atom. The van der Waals surface area contributed by atoms with Crippen LogP contribution in [0.2, 0.25) is 5.02 Å². The Bertz CT molecular complexity index is 1380. The van der Waals surface area contributed by atoms with E-state index in [1.54, 1.807) is 24.4 Å². The van der Waals surface area contributed by atoms with E-state index in [1.807, 2.05) is 43.3 Å². The fourth-order valence-electron chi connectivity index (χ4n) is 5.68. The number of aryl methyl sites for hydroxylation is 1. The van der Waals surface area contributed by atoms with Crippen molar-refractivity contribution in [1.29, 1.82) is 0 Å². The summed E-state index contributed by atoms with van der Waals surface area (Å²) in [5.41, 5.74) is 6.79. The van der Waals surface area contributed by atoms with Gasteiger partial charge in [-0.2, -0.15) is 5.10 Å². The van der Waals surface area contributed by atoms with Crippen LogP contribution < -0.4 is 10.7 Å². The largest absolute Gasteiger partial charge is 0.321 e. The van der Waals surface area contributed by atoms with Gasteiger partial charge in [0, 0.05) is 23.2 Å². The van der Waals surface area contributed by atoms with Gasteiger partial charge in [-0.05, 0) is 100 Å². The zero-order valence-corrected chi connectivity index (χ0v) is 24.4. The molecule has 2 saturated heterocycles. The summed E-state index contributed by atoms with van der Waals surface area (Å²) >= 11 is 6.19. The van der Waals surface area contributed by atoms with Crippen molar-refractivity contribution in [3.63, 3.8) is 0 Å². The molecule has 2 heterocycles. The third kappa shape index (κ3) is 8.03. The number of hydrogen-bond acceptors (Lipinski definition) is 5. The van der Waals surface area contributed by atoms with E-state index in [9.17, 15) is 9.59 Å². The van der Waals surface area contributed by atoms with Crippen molar-refractivity contribution in [2.24, 2.45) is 5.10 Å². The molecule has 0 saturated carbocycles. The van der Waals surface area contributed by atoms with Gasteiger partial charge in [-0.3, -0.25) is 14.5 Å². The molecule has 3 aromatic rings. The van der Waals surface area contributed by atoms with E-state index in [-0.39, 0.29) is 11.5 Å². The molecule has 3 aromatic carbocycles. The highest BCUT2D eigenvalue weighted by Gasteiger charge is 2.25. The van der Waals surface area contributed by atoms with Crippen molar-refractivity contribution < 1.29 is 9.59 Å². The number of carbonyl (C=O) groups is 2. The molecule has 41 heavy (non-hydrogen) atoms. The lowest BCUT2D eigenvalue weighted by atomic mass is 9.99. The number of hydrazone groups is 1. The molecule has 2 fully saturated rings. The lowest BCUT2D eigenvalue weighted by molar-refractivity contribution is 0.0896. The van der Waals surface area contributed by atoms with Gasteiger partial charge >= 0.3 is 0 Å². The number of piperidine rings is 2. The van der Waals surface area contributed by atoms with Crippen LogP contribution in [0.25, 0.3) is 0 Å². The van der Waals surface area contributed by atoms with Crippen LogP contribution in [0.1, 0.15) is 69.5 Å². The zero-order valence-electron chi connectivity index (χ0n) is 23.6. The Morgan fingerprint density at radius 2 is 1.68 bits per heavy atom. The van der Waals surface area contributed by atoms with E-state index in [4.69, 9.17) is 11.6 Å². The molecule has 0 unspecified atom stereocenters. The molecule has 2 aliphatic heterocycles. The number of anilines is 1. The maximum Gasteiger partial charge on any atom is 0.273 e. The van der Waals surface area contributed by atoms with Crippen molar-refractivity contribution in [3.05, 3.63) is 99.6 Å². The van der Waals surface area contributed by atoms with Crippen LogP contribution in [0.3, 0.4) is 0 Å². The normalized spacial score (nSPS) is 17.0. The number of rotatable bonds is 8. The highest BCUT2D eigenvalue weighted by Crippen LogP contribution is 2.24. The Morgan fingerprint density at radius 1 is 0.927 bits per heavy atom.